The molecule has 2 aromatic carbocycles. The quantitative estimate of drug-likeness (QED) is 0.605. The zero-order valence-electron chi connectivity index (χ0n) is 20.0. The molecule has 3 heterocycles. The van der Waals surface area contributed by atoms with Crippen molar-refractivity contribution >= 4 is 11.8 Å². The van der Waals surface area contributed by atoms with Gasteiger partial charge in [0.1, 0.15) is 13.2 Å². The lowest BCUT2D eigenvalue weighted by Gasteiger charge is -2.29. The first-order chi connectivity index (χ1) is 16.8. The molecule has 0 N–H and O–H groups in total. The lowest BCUT2D eigenvalue weighted by atomic mass is 10.1. The average molecular weight is 461 g/mol. The molecule has 3 aliphatic heterocycles. The van der Waals surface area contributed by atoms with Gasteiger partial charge in [-0.2, -0.15) is 0 Å². The summed E-state index contributed by atoms with van der Waals surface area (Å²) in [7, 11) is 0. The maximum Gasteiger partial charge on any atom is 0.198 e. The summed E-state index contributed by atoms with van der Waals surface area (Å²) in [4.78, 5) is 14.7. The molecular weight excluding hydrogens is 424 g/mol. The SMILES string of the molecule is c1ccc(C[C@H]2COC(CN3CCCN(CC4=N[C@@H](Cc5ccccc5)CO4)CCC3)=N2)cc1. The van der Waals surface area contributed by atoms with Crippen molar-refractivity contribution in [1.29, 1.82) is 0 Å². The first-order valence-electron chi connectivity index (χ1n) is 12.7. The molecule has 0 bridgehead atoms. The molecule has 0 spiro atoms. The van der Waals surface area contributed by atoms with Crippen LogP contribution in [0.15, 0.2) is 70.6 Å². The number of nitrogens with zero attached hydrogens (tertiary/aromatic N) is 4. The molecule has 6 nitrogen and oxygen atoms in total. The Morgan fingerprint density at radius 3 is 1.44 bits per heavy atom. The first kappa shape index (κ1) is 23.1. The van der Waals surface area contributed by atoms with E-state index >= 15 is 0 Å². The van der Waals surface area contributed by atoms with Crippen molar-refractivity contribution in [3.05, 3.63) is 71.8 Å². The Hall–Kier alpha value is -2.70. The molecule has 0 radical (unpaired) electrons. The van der Waals surface area contributed by atoms with Gasteiger partial charge in [-0.15, -0.1) is 0 Å². The Labute approximate surface area is 203 Å². The molecule has 34 heavy (non-hydrogen) atoms. The molecule has 5 rings (SSSR count). The van der Waals surface area contributed by atoms with Crippen LogP contribution in [0.5, 0.6) is 0 Å². The van der Waals surface area contributed by atoms with Crippen molar-refractivity contribution in [2.75, 3.05) is 52.5 Å². The summed E-state index contributed by atoms with van der Waals surface area (Å²) in [6.07, 6.45) is 4.19. The van der Waals surface area contributed by atoms with Crippen LogP contribution in [0.4, 0.5) is 0 Å². The van der Waals surface area contributed by atoms with Gasteiger partial charge < -0.3 is 9.47 Å². The summed E-state index contributed by atoms with van der Waals surface area (Å²) in [5.41, 5.74) is 2.66. The van der Waals surface area contributed by atoms with E-state index in [0.717, 1.165) is 76.7 Å². The van der Waals surface area contributed by atoms with Crippen LogP contribution in [0.3, 0.4) is 0 Å². The van der Waals surface area contributed by atoms with Crippen LogP contribution in [-0.2, 0) is 22.3 Å². The van der Waals surface area contributed by atoms with Gasteiger partial charge in [-0.3, -0.25) is 9.80 Å². The zero-order chi connectivity index (χ0) is 23.0. The summed E-state index contributed by atoms with van der Waals surface area (Å²) >= 11 is 0. The van der Waals surface area contributed by atoms with Crippen LogP contribution in [-0.4, -0.2) is 86.2 Å². The Balaban J connectivity index is 1.04. The third kappa shape index (κ3) is 6.67. The van der Waals surface area contributed by atoms with Gasteiger partial charge >= 0.3 is 0 Å². The monoisotopic (exact) mass is 460 g/mol. The summed E-state index contributed by atoms with van der Waals surface area (Å²) in [6, 6.07) is 21.7. The molecule has 3 aliphatic rings. The number of hydrogen-bond donors (Lipinski definition) is 0. The third-order valence-electron chi connectivity index (χ3n) is 6.78. The van der Waals surface area contributed by atoms with E-state index in [0.29, 0.717) is 13.2 Å². The van der Waals surface area contributed by atoms with Crippen LogP contribution in [0, 0.1) is 0 Å². The number of benzene rings is 2. The molecule has 6 heteroatoms. The molecule has 0 aliphatic carbocycles. The van der Waals surface area contributed by atoms with Gasteiger partial charge in [0.15, 0.2) is 11.8 Å². The smallest absolute Gasteiger partial charge is 0.198 e. The van der Waals surface area contributed by atoms with E-state index in [-0.39, 0.29) is 12.1 Å². The second-order valence-corrected chi connectivity index (χ2v) is 9.61. The van der Waals surface area contributed by atoms with E-state index in [4.69, 9.17) is 19.5 Å². The highest BCUT2D eigenvalue weighted by atomic mass is 16.5. The van der Waals surface area contributed by atoms with Gasteiger partial charge in [0.2, 0.25) is 0 Å². The van der Waals surface area contributed by atoms with Crippen molar-refractivity contribution in [3.63, 3.8) is 0 Å². The van der Waals surface area contributed by atoms with Crippen LogP contribution in [0.1, 0.15) is 24.0 Å². The largest absolute Gasteiger partial charge is 0.478 e. The summed E-state index contributed by atoms with van der Waals surface area (Å²) < 4.78 is 11.9. The van der Waals surface area contributed by atoms with E-state index in [1.807, 2.05) is 0 Å². The Bertz CT molecular complexity index is 875. The van der Waals surface area contributed by atoms with Gasteiger partial charge in [0, 0.05) is 0 Å². The number of rotatable bonds is 8. The maximum atomic E-state index is 5.94. The van der Waals surface area contributed by atoms with E-state index in [9.17, 15) is 0 Å². The molecule has 0 aromatic heterocycles. The van der Waals surface area contributed by atoms with Crippen LogP contribution in [0.2, 0.25) is 0 Å². The molecule has 0 unspecified atom stereocenters. The fourth-order valence-corrected chi connectivity index (χ4v) is 5.05. The highest BCUT2D eigenvalue weighted by Crippen LogP contribution is 2.15. The Morgan fingerprint density at radius 1 is 0.618 bits per heavy atom. The summed E-state index contributed by atoms with van der Waals surface area (Å²) in [5, 5.41) is 0. The van der Waals surface area contributed by atoms with Crippen LogP contribution in [0.25, 0.3) is 0 Å². The zero-order valence-corrected chi connectivity index (χ0v) is 20.0. The molecule has 0 amide bonds. The number of hydrogen-bond acceptors (Lipinski definition) is 6. The van der Waals surface area contributed by atoms with Gasteiger partial charge in [-0.25, -0.2) is 9.98 Å². The van der Waals surface area contributed by atoms with Crippen LogP contribution >= 0.6 is 0 Å². The van der Waals surface area contributed by atoms with E-state index < -0.39 is 0 Å². The molecule has 2 atom stereocenters. The van der Waals surface area contributed by atoms with Gasteiger partial charge in [0.25, 0.3) is 0 Å². The lowest BCUT2D eigenvalue weighted by molar-refractivity contribution is 0.193. The molecule has 1 saturated heterocycles. The van der Waals surface area contributed by atoms with Gasteiger partial charge in [-0.1, -0.05) is 60.7 Å². The minimum atomic E-state index is 0.251. The molecule has 2 aromatic rings. The summed E-state index contributed by atoms with van der Waals surface area (Å²) in [6.45, 7) is 7.39. The minimum Gasteiger partial charge on any atom is -0.478 e. The van der Waals surface area contributed by atoms with Crippen molar-refractivity contribution in [2.24, 2.45) is 9.98 Å². The number of ether oxygens (including phenoxy) is 2. The standard InChI is InChI=1S/C28H36N4O2/c1-3-9-23(10-4-1)17-25-21-33-27(29-25)19-31-13-7-15-32(16-8-14-31)20-28-30-26(22-34-28)18-24-11-5-2-6-12-24/h1-6,9-12,25-26H,7-8,13-22H2/t25-,26-/m0/s1. The van der Waals surface area contributed by atoms with Crippen molar-refractivity contribution in [1.82, 2.24) is 9.80 Å². The normalized spacial score (nSPS) is 24.0. The van der Waals surface area contributed by atoms with Gasteiger partial charge in [-0.05, 0) is 63.0 Å². The molecule has 0 saturated carbocycles. The van der Waals surface area contributed by atoms with E-state index in [1.165, 1.54) is 11.1 Å². The Kier molecular flexibility index (Phi) is 7.89. The topological polar surface area (TPSA) is 49.7 Å². The second-order valence-electron chi connectivity index (χ2n) is 9.61. The van der Waals surface area contributed by atoms with Crippen molar-refractivity contribution in [3.8, 4) is 0 Å². The fraction of sp³-hybridized carbons (Fsp3) is 0.500. The fourth-order valence-electron chi connectivity index (χ4n) is 5.05. The predicted octanol–water partition coefficient (Wildman–Crippen LogP) is 3.46. The van der Waals surface area contributed by atoms with Gasteiger partial charge in [0.05, 0.1) is 25.2 Å². The van der Waals surface area contributed by atoms with Crippen LogP contribution < -0.4 is 0 Å². The molecule has 180 valence electrons. The van der Waals surface area contributed by atoms with Crippen molar-refractivity contribution in [2.45, 2.75) is 37.8 Å². The minimum absolute atomic E-state index is 0.251. The molecular formula is C28H36N4O2. The highest BCUT2D eigenvalue weighted by Gasteiger charge is 2.24. The predicted molar refractivity (Wildman–Crippen MR) is 137 cm³/mol. The Morgan fingerprint density at radius 2 is 1.03 bits per heavy atom. The average Bonchev–Trinajstić information content (AvgIpc) is 3.47. The first-order valence-corrected chi connectivity index (χ1v) is 12.7. The lowest BCUT2D eigenvalue weighted by Crippen LogP contribution is -2.40. The maximum absolute atomic E-state index is 5.94. The number of aliphatic imine (C=N–C) groups is 2. The molecule has 1 fully saturated rings. The van der Waals surface area contributed by atoms with Crippen molar-refractivity contribution < 1.29 is 9.47 Å². The second kappa shape index (κ2) is 11.6. The third-order valence-corrected chi connectivity index (χ3v) is 6.78. The summed E-state index contributed by atoms with van der Waals surface area (Å²) in [5.74, 6) is 1.83. The highest BCUT2D eigenvalue weighted by molar-refractivity contribution is 5.80. The van der Waals surface area contributed by atoms with E-state index in [1.54, 1.807) is 0 Å². The van der Waals surface area contributed by atoms with E-state index in [2.05, 4.69) is 70.5 Å².